The Morgan fingerprint density at radius 1 is 1.34 bits per heavy atom. The molecule has 29 heavy (non-hydrogen) atoms. The van der Waals surface area contributed by atoms with Gasteiger partial charge in [-0.3, -0.25) is 9.59 Å². The summed E-state index contributed by atoms with van der Waals surface area (Å²) in [6.07, 6.45) is 0.797. The minimum Gasteiger partial charge on any atom is -0.462 e. The number of anilines is 1. The number of unbranched alkanes of at least 4 members (excludes halogenated alkanes) is 1. The number of carbonyl (C=O) groups is 3. The molecule has 0 bridgehead atoms. The molecule has 0 spiro atoms. The summed E-state index contributed by atoms with van der Waals surface area (Å²) >= 11 is 1.30. The number of carbonyl (C=O) groups excluding carboxylic acids is 3. The van der Waals surface area contributed by atoms with Crippen LogP contribution in [-0.2, 0) is 14.3 Å². The van der Waals surface area contributed by atoms with E-state index in [-0.39, 0.29) is 24.8 Å². The van der Waals surface area contributed by atoms with Crippen molar-refractivity contribution in [2.24, 2.45) is 4.99 Å². The number of nitrogens with zero attached hydrogens (tertiary/aromatic N) is 3. The Labute approximate surface area is 174 Å². The number of hydrogen-bond acceptors (Lipinski definition) is 7. The first-order valence-electron chi connectivity index (χ1n) is 9.46. The van der Waals surface area contributed by atoms with Crippen LogP contribution in [0.2, 0.25) is 0 Å². The maximum absolute atomic E-state index is 12.4. The van der Waals surface area contributed by atoms with E-state index in [4.69, 9.17) is 10.00 Å². The van der Waals surface area contributed by atoms with Crippen LogP contribution in [0.25, 0.3) is 0 Å². The first-order chi connectivity index (χ1) is 14.0. The van der Waals surface area contributed by atoms with Crippen LogP contribution in [-0.4, -0.2) is 52.8 Å². The van der Waals surface area contributed by atoms with Gasteiger partial charge in [-0.2, -0.15) is 10.3 Å². The van der Waals surface area contributed by atoms with Gasteiger partial charge >= 0.3 is 5.97 Å². The van der Waals surface area contributed by atoms with Gasteiger partial charge in [0.2, 0.25) is 5.91 Å². The molecule has 2 rings (SSSR count). The number of benzene rings is 1. The first-order valence-corrected chi connectivity index (χ1v) is 10.3. The lowest BCUT2D eigenvalue weighted by atomic mass is 10.2. The van der Waals surface area contributed by atoms with E-state index in [9.17, 15) is 14.4 Å². The van der Waals surface area contributed by atoms with Crippen molar-refractivity contribution in [1.29, 1.82) is 5.26 Å². The zero-order valence-electron chi connectivity index (χ0n) is 16.5. The number of nitrogens with one attached hydrogen (secondary N) is 1. The standard InChI is InChI=1S/C20H24N4O4S/c1-3-24(4-2)20-23-18(26)16(29-20)13-17(25)22-15-9-7-8-14(12-15)19(27)28-11-6-5-10-21/h7-9,12,16H,3-6,11,13H2,1-2H3,(H,22,25). The van der Waals surface area contributed by atoms with Crippen LogP contribution in [0.1, 0.15) is 43.5 Å². The molecule has 1 N–H and O–H groups in total. The largest absolute Gasteiger partial charge is 0.462 e. The molecule has 0 saturated carbocycles. The maximum atomic E-state index is 12.4. The van der Waals surface area contributed by atoms with E-state index in [1.54, 1.807) is 18.2 Å². The zero-order chi connectivity index (χ0) is 21.2. The second-order valence-electron chi connectivity index (χ2n) is 6.24. The van der Waals surface area contributed by atoms with E-state index >= 15 is 0 Å². The molecule has 0 aromatic heterocycles. The Balaban J connectivity index is 1.89. The van der Waals surface area contributed by atoms with Crippen molar-refractivity contribution in [3.8, 4) is 6.07 Å². The van der Waals surface area contributed by atoms with Crippen LogP contribution in [0.5, 0.6) is 0 Å². The van der Waals surface area contributed by atoms with E-state index in [0.717, 1.165) is 13.1 Å². The second-order valence-corrected chi connectivity index (χ2v) is 7.41. The van der Waals surface area contributed by atoms with Crippen molar-refractivity contribution >= 4 is 40.4 Å². The number of amides is 2. The lowest BCUT2D eigenvalue weighted by molar-refractivity contribution is -0.121. The highest BCUT2D eigenvalue weighted by molar-refractivity contribution is 8.15. The number of ether oxygens (including phenoxy) is 1. The molecule has 9 heteroatoms. The first kappa shape index (κ1) is 22.4. The fourth-order valence-electron chi connectivity index (χ4n) is 2.64. The molecule has 1 aromatic rings. The molecule has 1 atom stereocenters. The van der Waals surface area contributed by atoms with Crippen LogP contribution >= 0.6 is 11.8 Å². The van der Waals surface area contributed by atoms with Gasteiger partial charge in [0, 0.05) is 31.6 Å². The van der Waals surface area contributed by atoms with E-state index < -0.39 is 11.2 Å². The monoisotopic (exact) mass is 416 g/mol. The second kappa shape index (κ2) is 11.2. The number of nitriles is 1. The predicted octanol–water partition coefficient (Wildman–Crippen LogP) is 2.82. The van der Waals surface area contributed by atoms with Crippen molar-refractivity contribution in [3.63, 3.8) is 0 Å². The van der Waals surface area contributed by atoms with E-state index in [1.165, 1.54) is 17.8 Å². The normalized spacial score (nSPS) is 15.4. The van der Waals surface area contributed by atoms with Gasteiger partial charge in [-0.05, 0) is 38.5 Å². The molecule has 8 nitrogen and oxygen atoms in total. The van der Waals surface area contributed by atoms with Crippen LogP contribution in [0, 0.1) is 11.3 Å². The summed E-state index contributed by atoms with van der Waals surface area (Å²) in [6, 6.07) is 8.39. The fraction of sp³-hybridized carbons (Fsp3) is 0.450. The molecular weight excluding hydrogens is 392 g/mol. The fourth-order valence-corrected chi connectivity index (χ4v) is 3.84. The van der Waals surface area contributed by atoms with Gasteiger partial charge in [0.25, 0.3) is 5.91 Å². The average Bonchev–Trinajstić information content (AvgIpc) is 3.06. The topological polar surface area (TPSA) is 112 Å². The number of amidine groups is 1. The van der Waals surface area contributed by atoms with Crippen molar-refractivity contribution in [2.45, 2.75) is 38.4 Å². The van der Waals surface area contributed by atoms with Crippen molar-refractivity contribution < 1.29 is 19.1 Å². The van der Waals surface area contributed by atoms with Crippen molar-refractivity contribution in [3.05, 3.63) is 29.8 Å². The maximum Gasteiger partial charge on any atom is 0.338 e. The quantitative estimate of drug-likeness (QED) is 0.486. The summed E-state index contributed by atoms with van der Waals surface area (Å²) < 4.78 is 5.10. The number of aliphatic imine (C=N–C) groups is 1. The summed E-state index contributed by atoms with van der Waals surface area (Å²) in [4.78, 5) is 42.5. The molecule has 0 fully saturated rings. The van der Waals surface area contributed by atoms with Crippen LogP contribution in [0.4, 0.5) is 5.69 Å². The van der Waals surface area contributed by atoms with Gasteiger partial charge in [-0.25, -0.2) is 4.79 Å². The van der Waals surface area contributed by atoms with Gasteiger partial charge in [0.1, 0.15) is 5.25 Å². The number of rotatable bonds is 9. The summed E-state index contributed by atoms with van der Waals surface area (Å²) in [5.74, 6) is -1.15. The van der Waals surface area contributed by atoms with Gasteiger partial charge < -0.3 is 15.0 Å². The molecule has 1 aromatic carbocycles. The highest BCUT2D eigenvalue weighted by Gasteiger charge is 2.32. The molecule has 1 heterocycles. The molecule has 1 aliphatic rings. The molecular formula is C20H24N4O4S. The smallest absolute Gasteiger partial charge is 0.338 e. The van der Waals surface area contributed by atoms with Crippen LogP contribution in [0.3, 0.4) is 0 Å². The third kappa shape index (κ3) is 6.61. The van der Waals surface area contributed by atoms with Gasteiger partial charge in [-0.15, -0.1) is 0 Å². The molecule has 154 valence electrons. The van der Waals surface area contributed by atoms with E-state index in [0.29, 0.717) is 29.3 Å². The molecule has 1 unspecified atom stereocenters. The minimum atomic E-state index is -0.543. The SMILES string of the molecule is CCN(CC)C1=NC(=O)C(CC(=O)Nc2cccc(C(=O)OCCCC#N)c2)S1. The van der Waals surface area contributed by atoms with Gasteiger partial charge in [-0.1, -0.05) is 17.8 Å². The highest BCUT2D eigenvalue weighted by atomic mass is 32.2. The van der Waals surface area contributed by atoms with Gasteiger partial charge in [0.15, 0.2) is 5.17 Å². The number of thioether (sulfide) groups is 1. The Kier molecular flexibility index (Phi) is 8.68. The lowest BCUT2D eigenvalue weighted by Gasteiger charge is -2.19. The molecule has 1 aliphatic heterocycles. The molecule has 0 aliphatic carbocycles. The summed E-state index contributed by atoms with van der Waals surface area (Å²) in [7, 11) is 0. The molecule has 0 saturated heterocycles. The average molecular weight is 417 g/mol. The molecule has 0 radical (unpaired) electrons. The van der Waals surface area contributed by atoms with Crippen LogP contribution in [0.15, 0.2) is 29.3 Å². The predicted molar refractivity (Wildman–Crippen MR) is 112 cm³/mol. The summed E-state index contributed by atoms with van der Waals surface area (Å²) in [6.45, 7) is 5.62. The van der Waals surface area contributed by atoms with Crippen molar-refractivity contribution in [1.82, 2.24) is 4.90 Å². The Bertz CT molecular complexity index is 830. The summed E-state index contributed by atoms with van der Waals surface area (Å²) in [5.41, 5.74) is 0.750. The van der Waals surface area contributed by atoms with Crippen LogP contribution < -0.4 is 5.32 Å². The van der Waals surface area contributed by atoms with E-state index in [1.807, 2.05) is 24.8 Å². The minimum absolute atomic E-state index is 0.000598. The Morgan fingerprint density at radius 3 is 2.79 bits per heavy atom. The number of esters is 1. The summed E-state index contributed by atoms with van der Waals surface area (Å²) in [5, 5.41) is 11.3. The third-order valence-electron chi connectivity index (χ3n) is 4.18. The third-order valence-corrected chi connectivity index (χ3v) is 5.39. The Hall–Kier alpha value is -2.86. The lowest BCUT2D eigenvalue weighted by Crippen LogP contribution is -2.27. The van der Waals surface area contributed by atoms with Gasteiger partial charge in [0.05, 0.1) is 18.2 Å². The van der Waals surface area contributed by atoms with E-state index in [2.05, 4.69) is 10.3 Å². The highest BCUT2D eigenvalue weighted by Crippen LogP contribution is 2.27. The Morgan fingerprint density at radius 2 is 2.10 bits per heavy atom. The zero-order valence-corrected chi connectivity index (χ0v) is 17.3. The molecule has 2 amide bonds. The van der Waals surface area contributed by atoms with Crippen molar-refractivity contribution in [2.75, 3.05) is 25.0 Å². The number of hydrogen-bond donors (Lipinski definition) is 1.